The quantitative estimate of drug-likeness (QED) is 0.147. The molecule has 0 amide bonds. The maximum atomic E-state index is 12.4. The number of hydrogen-bond acceptors (Lipinski definition) is 6. The summed E-state index contributed by atoms with van der Waals surface area (Å²) >= 11 is 0. The molecule has 0 aromatic rings. The highest BCUT2D eigenvalue weighted by Gasteiger charge is 2.22. The van der Waals surface area contributed by atoms with Gasteiger partial charge in [-0.3, -0.25) is 14.4 Å². The SMILES string of the molecule is CCCCCC(=O)O/C=C\OC(=O)C(CC)C(=COC(=O)CC(CC)CC)CC. The molecule has 0 aliphatic carbocycles. The summed E-state index contributed by atoms with van der Waals surface area (Å²) in [6, 6.07) is 0. The summed E-state index contributed by atoms with van der Waals surface area (Å²) in [6.07, 6.45) is 9.96. The molecule has 0 fully saturated rings. The van der Waals surface area contributed by atoms with E-state index in [-0.39, 0.29) is 11.9 Å². The fourth-order valence-corrected chi connectivity index (χ4v) is 2.85. The van der Waals surface area contributed by atoms with Gasteiger partial charge in [-0.1, -0.05) is 60.3 Å². The zero-order chi connectivity index (χ0) is 22.1. The van der Waals surface area contributed by atoms with Crippen LogP contribution in [0.4, 0.5) is 0 Å². The highest BCUT2D eigenvalue weighted by molar-refractivity contribution is 5.76. The van der Waals surface area contributed by atoms with Gasteiger partial charge in [0.1, 0.15) is 12.5 Å². The molecule has 6 heteroatoms. The van der Waals surface area contributed by atoms with E-state index >= 15 is 0 Å². The lowest BCUT2D eigenvalue weighted by atomic mass is 9.95. The molecule has 0 aromatic carbocycles. The van der Waals surface area contributed by atoms with Crippen LogP contribution in [0.2, 0.25) is 0 Å². The number of hydrogen-bond donors (Lipinski definition) is 0. The van der Waals surface area contributed by atoms with Gasteiger partial charge < -0.3 is 14.2 Å². The lowest BCUT2D eigenvalue weighted by molar-refractivity contribution is -0.144. The second kappa shape index (κ2) is 16.8. The third-order valence-electron chi connectivity index (χ3n) is 4.92. The first-order chi connectivity index (χ1) is 13.9. The van der Waals surface area contributed by atoms with E-state index < -0.39 is 11.9 Å². The van der Waals surface area contributed by atoms with E-state index in [2.05, 4.69) is 6.92 Å². The Morgan fingerprint density at radius 3 is 2.00 bits per heavy atom. The van der Waals surface area contributed by atoms with Crippen LogP contribution in [0.25, 0.3) is 0 Å². The number of rotatable bonds is 15. The Hall–Kier alpha value is -2.11. The van der Waals surface area contributed by atoms with Crippen molar-refractivity contribution in [3.8, 4) is 0 Å². The maximum absolute atomic E-state index is 12.4. The molecule has 0 aromatic heterocycles. The molecule has 29 heavy (non-hydrogen) atoms. The van der Waals surface area contributed by atoms with E-state index in [0.717, 1.165) is 44.6 Å². The first kappa shape index (κ1) is 26.9. The summed E-state index contributed by atoms with van der Waals surface area (Å²) in [5, 5.41) is 0. The molecule has 0 saturated carbocycles. The summed E-state index contributed by atoms with van der Waals surface area (Å²) in [6.45, 7) is 9.91. The Balaban J connectivity index is 4.64. The lowest BCUT2D eigenvalue weighted by Crippen LogP contribution is -2.18. The van der Waals surface area contributed by atoms with Crippen molar-refractivity contribution in [2.75, 3.05) is 0 Å². The molecule has 0 aliphatic rings. The van der Waals surface area contributed by atoms with Crippen LogP contribution < -0.4 is 0 Å². The molecule has 0 radical (unpaired) electrons. The van der Waals surface area contributed by atoms with Crippen LogP contribution in [0.1, 0.15) is 92.4 Å². The third-order valence-corrected chi connectivity index (χ3v) is 4.92. The zero-order valence-electron chi connectivity index (χ0n) is 18.7. The van der Waals surface area contributed by atoms with Gasteiger partial charge in [-0.15, -0.1) is 0 Å². The Bertz CT molecular complexity index is 546. The van der Waals surface area contributed by atoms with E-state index in [1.165, 1.54) is 6.26 Å². The minimum absolute atomic E-state index is 0.289. The topological polar surface area (TPSA) is 78.9 Å². The van der Waals surface area contributed by atoms with Gasteiger partial charge in [0.05, 0.1) is 12.2 Å². The average molecular weight is 411 g/mol. The highest BCUT2D eigenvalue weighted by atomic mass is 16.6. The number of ether oxygens (including phenoxy) is 3. The van der Waals surface area contributed by atoms with Crippen LogP contribution in [0.3, 0.4) is 0 Å². The van der Waals surface area contributed by atoms with Crippen molar-refractivity contribution in [1.29, 1.82) is 0 Å². The average Bonchev–Trinajstić information content (AvgIpc) is 2.72. The van der Waals surface area contributed by atoms with Crippen molar-refractivity contribution in [2.24, 2.45) is 11.8 Å². The fourth-order valence-electron chi connectivity index (χ4n) is 2.85. The standard InChI is InChI=1S/C23H38O6/c1-6-11-12-13-21(24)27-14-15-28-23(26)20(10-5)19(9-4)17-29-22(25)16-18(7-2)8-3/h14-15,17-18,20H,6-13,16H2,1-5H3/b15-14-,19-17?. The predicted molar refractivity (Wildman–Crippen MR) is 112 cm³/mol. The lowest BCUT2D eigenvalue weighted by Gasteiger charge is -2.15. The molecule has 166 valence electrons. The van der Waals surface area contributed by atoms with Crippen LogP contribution in [-0.4, -0.2) is 17.9 Å². The molecule has 0 aliphatic heterocycles. The summed E-state index contributed by atoms with van der Waals surface area (Å²) in [4.78, 5) is 35.9. The van der Waals surface area contributed by atoms with Gasteiger partial charge in [0.25, 0.3) is 0 Å². The molecule has 0 N–H and O–H groups in total. The van der Waals surface area contributed by atoms with Crippen LogP contribution in [0, 0.1) is 11.8 Å². The van der Waals surface area contributed by atoms with Gasteiger partial charge in [-0.25, -0.2) is 0 Å². The van der Waals surface area contributed by atoms with Gasteiger partial charge in [0.15, 0.2) is 0 Å². The molecule has 0 spiro atoms. The number of carbonyl (C=O) groups is 3. The minimum atomic E-state index is -0.522. The fraction of sp³-hybridized carbons (Fsp3) is 0.696. The van der Waals surface area contributed by atoms with Gasteiger partial charge in [0, 0.05) is 12.8 Å². The molecular weight excluding hydrogens is 372 g/mol. The van der Waals surface area contributed by atoms with Crippen molar-refractivity contribution < 1.29 is 28.6 Å². The molecule has 1 unspecified atom stereocenters. The molecule has 0 rings (SSSR count). The monoisotopic (exact) mass is 410 g/mol. The Labute approximate surface area is 175 Å². The van der Waals surface area contributed by atoms with Gasteiger partial charge in [-0.2, -0.15) is 0 Å². The van der Waals surface area contributed by atoms with E-state index in [1.54, 1.807) is 0 Å². The van der Waals surface area contributed by atoms with Crippen molar-refractivity contribution in [3.63, 3.8) is 0 Å². The number of unbranched alkanes of at least 4 members (excludes halogenated alkanes) is 2. The van der Waals surface area contributed by atoms with Crippen molar-refractivity contribution in [1.82, 2.24) is 0 Å². The zero-order valence-corrected chi connectivity index (χ0v) is 18.7. The molecule has 1 atom stereocenters. The molecule has 0 bridgehead atoms. The van der Waals surface area contributed by atoms with Crippen LogP contribution in [-0.2, 0) is 28.6 Å². The smallest absolute Gasteiger partial charge is 0.318 e. The largest absolute Gasteiger partial charge is 0.435 e. The Morgan fingerprint density at radius 1 is 0.793 bits per heavy atom. The summed E-state index contributed by atoms with van der Waals surface area (Å²) in [5.74, 6) is -1.33. The van der Waals surface area contributed by atoms with Gasteiger partial charge in [-0.05, 0) is 30.8 Å². The van der Waals surface area contributed by atoms with Crippen LogP contribution in [0.15, 0.2) is 24.4 Å². The normalized spacial score (nSPS) is 12.8. The number of esters is 3. The molecular formula is C23H38O6. The maximum Gasteiger partial charge on any atom is 0.318 e. The highest BCUT2D eigenvalue weighted by Crippen LogP contribution is 2.21. The first-order valence-corrected chi connectivity index (χ1v) is 10.9. The first-order valence-electron chi connectivity index (χ1n) is 10.9. The van der Waals surface area contributed by atoms with Gasteiger partial charge >= 0.3 is 17.9 Å². The van der Waals surface area contributed by atoms with Crippen LogP contribution in [0.5, 0.6) is 0 Å². The summed E-state index contributed by atoms with van der Waals surface area (Å²) < 4.78 is 15.2. The summed E-state index contributed by atoms with van der Waals surface area (Å²) in [5.41, 5.74) is 0.695. The van der Waals surface area contributed by atoms with E-state index in [4.69, 9.17) is 14.2 Å². The Morgan fingerprint density at radius 2 is 1.45 bits per heavy atom. The Kier molecular flexibility index (Phi) is 15.6. The van der Waals surface area contributed by atoms with Crippen molar-refractivity contribution in [3.05, 3.63) is 24.4 Å². The molecule has 6 nitrogen and oxygen atoms in total. The minimum Gasteiger partial charge on any atom is -0.435 e. The predicted octanol–water partition coefficient (Wildman–Crippen LogP) is 5.81. The molecule has 0 heterocycles. The van der Waals surface area contributed by atoms with E-state index in [9.17, 15) is 14.4 Å². The number of carbonyl (C=O) groups excluding carboxylic acids is 3. The summed E-state index contributed by atoms with van der Waals surface area (Å²) in [7, 11) is 0. The van der Waals surface area contributed by atoms with Crippen molar-refractivity contribution in [2.45, 2.75) is 92.4 Å². The van der Waals surface area contributed by atoms with Crippen molar-refractivity contribution >= 4 is 17.9 Å². The third kappa shape index (κ3) is 12.1. The molecule has 0 saturated heterocycles. The second-order valence-electron chi connectivity index (χ2n) is 7.04. The van der Waals surface area contributed by atoms with E-state index in [0.29, 0.717) is 37.2 Å². The van der Waals surface area contributed by atoms with Gasteiger partial charge in [0.2, 0.25) is 0 Å². The second-order valence-corrected chi connectivity index (χ2v) is 7.04. The van der Waals surface area contributed by atoms with Crippen LogP contribution >= 0.6 is 0 Å². The van der Waals surface area contributed by atoms with E-state index in [1.807, 2.05) is 27.7 Å².